The highest BCUT2D eigenvalue weighted by molar-refractivity contribution is 7.09. The van der Waals surface area contributed by atoms with E-state index in [1.807, 2.05) is 10.3 Å². The maximum absolute atomic E-state index is 12.4. The molecule has 1 fully saturated rings. The van der Waals surface area contributed by atoms with Crippen molar-refractivity contribution >= 4 is 17.2 Å². The molecule has 5 heteroatoms. The van der Waals surface area contributed by atoms with E-state index in [1.165, 1.54) is 17.8 Å². The van der Waals surface area contributed by atoms with Crippen LogP contribution in [0.5, 0.6) is 0 Å². The minimum absolute atomic E-state index is 0.0774. The highest BCUT2D eigenvalue weighted by Gasteiger charge is 2.29. The first-order chi connectivity index (χ1) is 8.63. The molecule has 1 aromatic heterocycles. The van der Waals surface area contributed by atoms with E-state index in [4.69, 9.17) is 5.73 Å². The number of piperidine rings is 1. The lowest BCUT2D eigenvalue weighted by Crippen LogP contribution is -2.46. The number of carbonyl (C=O) groups is 1. The molecule has 18 heavy (non-hydrogen) atoms. The van der Waals surface area contributed by atoms with Crippen LogP contribution in [0.15, 0.2) is 5.38 Å². The van der Waals surface area contributed by atoms with E-state index in [1.54, 1.807) is 0 Å². The Kier molecular flexibility index (Phi) is 4.35. The number of nitrogens with two attached hydrogens (primary N) is 1. The molecule has 0 aromatic carbocycles. The highest BCUT2D eigenvalue weighted by Crippen LogP contribution is 2.24. The third-order valence-electron chi connectivity index (χ3n) is 3.76. The summed E-state index contributed by atoms with van der Waals surface area (Å²) in [7, 11) is 0. The summed E-state index contributed by atoms with van der Waals surface area (Å²) in [5, 5.41) is 2.82. The van der Waals surface area contributed by atoms with Gasteiger partial charge >= 0.3 is 0 Å². The molecule has 0 radical (unpaired) electrons. The van der Waals surface area contributed by atoms with Gasteiger partial charge in [-0.05, 0) is 32.2 Å². The molecule has 1 aromatic rings. The quantitative estimate of drug-likeness (QED) is 0.910. The Bertz CT molecular complexity index is 418. The number of aromatic nitrogens is 1. The summed E-state index contributed by atoms with van der Waals surface area (Å²) >= 11 is 1.53. The summed E-state index contributed by atoms with van der Waals surface area (Å²) in [5.41, 5.74) is 6.09. The standard InChI is InChI=1S/C13H21N3OS/c1-9-4-3-7-16(10(9)2)13(17)11-8-18-12(15-11)5-6-14/h8-10H,3-7,14H2,1-2H3/t9-,10-/m1/s1. The highest BCUT2D eigenvalue weighted by atomic mass is 32.1. The van der Waals surface area contributed by atoms with Gasteiger partial charge in [-0.2, -0.15) is 0 Å². The smallest absolute Gasteiger partial charge is 0.273 e. The van der Waals surface area contributed by atoms with Crippen molar-refractivity contribution in [1.29, 1.82) is 0 Å². The first-order valence-electron chi connectivity index (χ1n) is 6.59. The molecule has 1 amide bonds. The molecule has 0 saturated carbocycles. The van der Waals surface area contributed by atoms with Crippen LogP contribution in [0.4, 0.5) is 0 Å². The topological polar surface area (TPSA) is 59.2 Å². The normalized spacial score (nSPS) is 24.3. The fourth-order valence-electron chi connectivity index (χ4n) is 2.42. The van der Waals surface area contributed by atoms with Gasteiger partial charge in [0.2, 0.25) is 0 Å². The van der Waals surface area contributed by atoms with Gasteiger partial charge in [0, 0.05) is 24.4 Å². The molecule has 2 atom stereocenters. The van der Waals surface area contributed by atoms with Crippen LogP contribution in [-0.4, -0.2) is 34.9 Å². The molecule has 0 unspecified atom stereocenters. The van der Waals surface area contributed by atoms with E-state index in [9.17, 15) is 4.79 Å². The Labute approximate surface area is 112 Å². The van der Waals surface area contributed by atoms with E-state index in [0.29, 0.717) is 24.2 Å². The fourth-order valence-corrected chi connectivity index (χ4v) is 3.20. The predicted octanol–water partition coefficient (Wildman–Crippen LogP) is 1.90. The lowest BCUT2D eigenvalue weighted by Gasteiger charge is -2.37. The maximum atomic E-state index is 12.4. The largest absolute Gasteiger partial charge is 0.334 e. The van der Waals surface area contributed by atoms with E-state index < -0.39 is 0 Å². The Morgan fingerprint density at radius 1 is 1.61 bits per heavy atom. The van der Waals surface area contributed by atoms with Gasteiger partial charge in [-0.15, -0.1) is 11.3 Å². The van der Waals surface area contributed by atoms with Gasteiger partial charge in [0.15, 0.2) is 0 Å². The molecule has 4 nitrogen and oxygen atoms in total. The minimum Gasteiger partial charge on any atom is -0.334 e. The van der Waals surface area contributed by atoms with Crippen LogP contribution in [0.2, 0.25) is 0 Å². The van der Waals surface area contributed by atoms with Crippen molar-refractivity contribution in [3.8, 4) is 0 Å². The Morgan fingerprint density at radius 3 is 3.11 bits per heavy atom. The Balaban J connectivity index is 2.09. The summed E-state index contributed by atoms with van der Waals surface area (Å²) in [5.74, 6) is 0.651. The van der Waals surface area contributed by atoms with Gasteiger partial charge in [-0.25, -0.2) is 4.98 Å². The van der Waals surface area contributed by atoms with Crippen molar-refractivity contribution in [3.05, 3.63) is 16.1 Å². The van der Waals surface area contributed by atoms with Crippen molar-refractivity contribution in [2.24, 2.45) is 11.7 Å². The number of carbonyl (C=O) groups excluding carboxylic acids is 1. The van der Waals surface area contributed by atoms with E-state index in [2.05, 4.69) is 18.8 Å². The monoisotopic (exact) mass is 267 g/mol. The molecule has 100 valence electrons. The van der Waals surface area contributed by atoms with Crippen molar-refractivity contribution < 1.29 is 4.79 Å². The average Bonchev–Trinajstić information content (AvgIpc) is 2.81. The van der Waals surface area contributed by atoms with Crippen LogP contribution in [0.1, 0.15) is 42.2 Å². The number of thiazole rings is 1. The van der Waals surface area contributed by atoms with Crippen molar-refractivity contribution in [1.82, 2.24) is 9.88 Å². The first-order valence-corrected chi connectivity index (χ1v) is 7.47. The zero-order chi connectivity index (χ0) is 13.1. The molecule has 2 N–H and O–H groups in total. The molecular weight excluding hydrogens is 246 g/mol. The van der Waals surface area contributed by atoms with E-state index in [-0.39, 0.29) is 5.91 Å². The maximum Gasteiger partial charge on any atom is 0.273 e. The van der Waals surface area contributed by atoms with Crippen molar-refractivity contribution in [2.45, 2.75) is 39.2 Å². The second kappa shape index (κ2) is 5.80. The Morgan fingerprint density at radius 2 is 2.39 bits per heavy atom. The third-order valence-corrected chi connectivity index (χ3v) is 4.67. The van der Waals surface area contributed by atoms with Crippen LogP contribution >= 0.6 is 11.3 Å². The minimum atomic E-state index is 0.0774. The number of nitrogens with zero attached hydrogens (tertiary/aromatic N) is 2. The number of hydrogen-bond acceptors (Lipinski definition) is 4. The van der Waals surface area contributed by atoms with Crippen LogP contribution in [0, 0.1) is 5.92 Å². The molecule has 0 bridgehead atoms. The van der Waals surface area contributed by atoms with Gasteiger partial charge in [0.05, 0.1) is 5.01 Å². The molecule has 1 aliphatic heterocycles. The second-order valence-electron chi connectivity index (χ2n) is 5.02. The zero-order valence-corrected chi connectivity index (χ0v) is 11.9. The van der Waals surface area contributed by atoms with Gasteiger partial charge in [-0.1, -0.05) is 6.92 Å². The zero-order valence-electron chi connectivity index (χ0n) is 11.1. The van der Waals surface area contributed by atoms with Crippen LogP contribution in [-0.2, 0) is 6.42 Å². The average molecular weight is 267 g/mol. The molecule has 2 heterocycles. The van der Waals surface area contributed by atoms with E-state index >= 15 is 0 Å². The van der Waals surface area contributed by atoms with E-state index in [0.717, 1.165) is 24.4 Å². The summed E-state index contributed by atoms with van der Waals surface area (Å²) < 4.78 is 0. The molecular formula is C13H21N3OS. The molecule has 1 aliphatic rings. The predicted molar refractivity (Wildman–Crippen MR) is 73.8 cm³/mol. The van der Waals surface area contributed by atoms with Gasteiger partial charge in [0.25, 0.3) is 5.91 Å². The van der Waals surface area contributed by atoms with Crippen LogP contribution < -0.4 is 5.73 Å². The lowest BCUT2D eigenvalue weighted by molar-refractivity contribution is 0.0545. The number of amides is 1. The summed E-state index contributed by atoms with van der Waals surface area (Å²) in [6.07, 6.45) is 3.06. The SMILES string of the molecule is C[C@@H]1CCCN(C(=O)c2csc(CCN)n2)[C@@H]1C. The molecule has 0 spiro atoms. The van der Waals surface area contributed by atoms with Crippen molar-refractivity contribution in [2.75, 3.05) is 13.1 Å². The summed E-state index contributed by atoms with van der Waals surface area (Å²) in [6, 6.07) is 0.311. The fraction of sp³-hybridized carbons (Fsp3) is 0.692. The Hall–Kier alpha value is -0.940. The van der Waals surface area contributed by atoms with Crippen LogP contribution in [0.25, 0.3) is 0 Å². The second-order valence-corrected chi connectivity index (χ2v) is 5.97. The first kappa shape index (κ1) is 13.5. The lowest BCUT2D eigenvalue weighted by atomic mass is 9.92. The van der Waals surface area contributed by atoms with Gasteiger partial charge in [0.1, 0.15) is 5.69 Å². The number of likely N-dealkylation sites (tertiary alicyclic amines) is 1. The van der Waals surface area contributed by atoms with Crippen LogP contribution in [0.3, 0.4) is 0 Å². The van der Waals surface area contributed by atoms with Gasteiger partial charge in [-0.3, -0.25) is 4.79 Å². The molecule has 0 aliphatic carbocycles. The summed E-state index contributed by atoms with van der Waals surface area (Å²) in [6.45, 7) is 5.78. The molecule has 2 rings (SSSR count). The molecule has 1 saturated heterocycles. The number of hydrogen-bond donors (Lipinski definition) is 1. The number of rotatable bonds is 3. The summed E-state index contributed by atoms with van der Waals surface area (Å²) in [4.78, 5) is 18.8. The van der Waals surface area contributed by atoms with Gasteiger partial charge < -0.3 is 10.6 Å². The third kappa shape index (κ3) is 2.72. The van der Waals surface area contributed by atoms with Crippen molar-refractivity contribution in [3.63, 3.8) is 0 Å².